The van der Waals surface area contributed by atoms with Crippen LogP contribution in [0.2, 0.25) is 10.0 Å². The number of imidazole rings is 1. The van der Waals surface area contributed by atoms with Crippen molar-refractivity contribution in [3.8, 4) is 11.4 Å². The molecule has 0 bridgehead atoms. The lowest BCUT2D eigenvalue weighted by molar-refractivity contribution is 0.620. The van der Waals surface area contributed by atoms with Gasteiger partial charge in [-0.05, 0) is 38.1 Å². The second kappa shape index (κ2) is 5.20. The van der Waals surface area contributed by atoms with Crippen LogP contribution in [0.15, 0.2) is 30.5 Å². The molecule has 0 saturated heterocycles. The molecule has 108 valence electrons. The van der Waals surface area contributed by atoms with Gasteiger partial charge in [-0.3, -0.25) is 0 Å². The SMILES string of the molecule is CC(C)n1c(-c2cc(Cl)cc(Cl)c2N)nc2cccnc21. The number of anilines is 1. The highest BCUT2D eigenvalue weighted by Crippen LogP contribution is 2.36. The largest absolute Gasteiger partial charge is 0.397 e. The van der Waals surface area contributed by atoms with Crippen molar-refractivity contribution < 1.29 is 0 Å². The molecule has 3 aromatic rings. The van der Waals surface area contributed by atoms with Gasteiger partial charge in [0, 0.05) is 22.8 Å². The van der Waals surface area contributed by atoms with Gasteiger partial charge in [-0.15, -0.1) is 0 Å². The van der Waals surface area contributed by atoms with E-state index in [0.29, 0.717) is 15.7 Å². The highest BCUT2D eigenvalue weighted by Gasteiger charge is 2.19. The van der Waals surface area contributed by atoms with Gasteiger partial charge in [-0.1, -0.05) is 23.2 Å². The molecule has 2 heterocycles. The van der Waals surface area contributed by atoms with E-state index >= 15 is 0 Å². The summed E-state index contributed by atoms with van der Waals surface area (Å²) in [5, 5.41) is 0.951. The van der Waals surface area contributed by atoms with E-state index in [1.807, 2.05) is 16.7 Å². The van der Waals surface area contributed by atoms with Crippen molar-refractivity contribution in [2.75, 3.05) is 5.73 Å². The molecule has 0 unspecified atom stereocenters. The fraction of sp³-hybridized carbons (Fsp3) is 0.200. The summed E-state index contributed by atoms with van der Waals surface area (Å²) in [6.45, 7) is 4.14. The molecule has 0 aliphatic heterocycles. The molecule has 21 heavy (non-hydrogen) atoms. The summed E-state index contributed by atoms with van der Waals surface area (Å²) >= 11 is 12.2. The predicted molar refractivity (Wildman–Crippen MR) is 87.8 cm³/mol. The Bertz CT molecular complexity index is 824. The summed E-state index contributed by atoms with van der Waals surface area (Å²) in [6.07, 6.45) is 1.75. The molecule has 2 N–H and O–H groups in total. The number of aromatic nitrogens is 3. The molecule has 0 radical (unpaired) electrons. The van der Waals surface area contributed by atoms with E-state index < -0.39 is 0 Å². The molecule has 0 fully saturated rings. The quantitative estimate of drug-likeness (QED) is 0.704. The number of nitrogens with zero attached hydrogens (tertiary/aromatic N) is 3. The Hall–Kier alpha value is -1.78. The third-order valence-corrected chi connectivity index (χ3v) is 3.83. The van der Waals surface area contributed by atoms with Gasteiger partial charge in [0.1, 0.15) is 11.3 Å². The van der Waals surface area contributed by atoms with Crippen LogP contribution in [0, 0.1) is 0 Å². The molecule has 0 spiro atoms. The molecule has 4 nitrogen and oxygen atoms in total. The van der Waals surface area contributed by atoms with Crippen LogP contribution >= 0.6 is 23.2 Å². The second-order valence-electron chi connectivity index (χ2n) is 5.09. The van der Waals surface area contributed by atoms with E-state index in [-0.39, 0.29) is 6.04 Å². The molecular formula is C15H14Cl2N4. The Kier molecular flexibility index (Phi) is 3.51. The first-order chi connectivity index (χ1) is 9.99. The molecule has 3 rings (SSSR count). The molecule has 0 aliphatic carbocycles. The predicted octanol–water partition coefficient (Wildman–Crippen LogP) is 4.57. The second-order valence-corrected chi connectivity index (χ2v) is 5.94. The molecule has 0 atom stereocenters. The van der Waals surface area contributed by atoms with Crippen molar-refractivity contribution in [3.63, 3.8) is 0 Å². The number of halogens is 2. The lowest BCUT2D eigenvalue weighted by atomic mass is 10.1. The Balaban J connectivity index is 2.38. The standard InChI is InChI=1S/C15H14Cl2N4/c1-8(2)21-14(20-12-4-3-5-19-15(12)21)10-6-9(16)7-11(17)13(10)18/h3-8H,18H2,1-2H3. The van der Waals surface area contributed by atoms with Crippen LogP contribution in [0.3, 0.4) is 0 Å². The highest BCUT2D eigenvalue weighted by atomic mass is 35.5. The van der Waals surface area contributed by atoms with Gasteiger partial charge in [-0.2, -0.15) is 0 Å². The fourth-order valence-electron chi connectivity index (χ4n) is 2.38. The summed E-state index contributed by atoms with van der Waals surface area (Å²) in [7, 11) is 0. The van der Waals surface area contributed by atoms with Crippen molar-refractivity contribution >= 4 is 40.1 Å². The van der Waals surface area contributed by atoms with Gasteiger partial charge in [-0.25, -0.2) is 9.97 Å². The minimum Gasteiger partial charge on any atom is -0.397 e. The third-order valence-electron chi connectivity index (χ3n) is 3.30. The maximum Gasteiger partial charge on any atom is 0.160 e. The van der Waals surface area contributed by atoms with Crippen molar-refractivity contribution in [1.82, 2.24) is 14.5 Å². The van der Waals surface area contributed by atoms with E-state index in [4.69, 9.17) is 28.9 Å². The summed E-state index contributed by atoms with van der Waals surface area (Å²) in [5.74, 6) is 0.723. The first-order valence-corrected chi connectivity index (χ1v) is 7.32. The fourth-order valence-corrected chi connectivity index (χ4v) is 2.87. The zero-order valence-electron chi connectivity index (χ0n) is 11.6. The Morgan fingerprint density at radius 2 is 2.00 bits per heavy atom. The molecule has 2 aromatic heterocycles. The number of hydrogen-bond acceptors (Lipinski definition) is 3. The van der Waals surface area contributed by atoms with Crippen LogP contribution in [-0.2, 0) is 0 Å². The van der Waals surface area contributed by atoms with Gasteiger partial charge in [0.15, 0.2) is 5.65 Å². The van der Waals surface area contributed by atoms with Gasteiger partial charge in [0.05, 0.1) is 10.7 Å². The summed E-state index contributed by atoms with van der Waals surface area (Å²) in [6, 6.07) is 7.37. The molecular weight excluding hydrogens is 307 g/mol. The van der Waals surface area contributed by atoms with Crippen molar-refractivity contribution in [1.29, 1.82) is 0 Å². The zero-order chi connectivity index (χ0) is 15.1. The number of pyridine rings is 1. The monoisotopic (exact) mass is 320 g/mol. The topological polar surface area (TPSA) is 56.7 Å². The van der Waals surface area contributed by atoms with E-state index in [0.717, 1.165) is 22.6 Å². The van der Waals surface area contributed by atoms with Gasteiger partial charge < -0.3 is 10.3 Å². The highest BCUT2D eigenvalue weighted by molar-refractivity contribution is 6.37. The number of nitrogens with two attached hydrogens (primary N) is 1. The summed E-state index contributed by atoms with van der Waals surface area (Å²) < 4.78 is 2.04. The van der Waals surface area contributed by atoms with Crippen LogP contribution in [0.25, 0.3) is 22.6 Å². The molecule has 0 amide bonds. The summed E-state index contributed by atoms with van der Waals surface area (Å²) in [4.78, 5) is 9.07. The van der Waals surface area contributed by atoms with Crippen LogP contribution < -0.4 is 5.73 Å². The molecule has 0 aliphatic rings. The minimum absolute atomic E-state index is 0.178. The van der Waals surface area contributed by atoms with Crippen molar-refractivity contribution in [3.05, 3.63) is 40.5 Å². The van der Waals surface area contributed by atoms with E-state index in [1.165, 1.54) is 0 Å². The average Bonchev–Trinajstić information content (AvgIpc) is 2.82. The summed E-state index contributed by atoms with van der Waals surface area (Å²) in [5.41, 5.74) is 8.94. The van der Waals surface area contributed by atoms with E-state index in [9.17, 15) is 0 Å². The maximum absolute atomic E-state index is 6.14. The minimum atomic E-state index is 0.178. The molecule has 0 saturated carbocycles. The van der Waals surface area contributed by atoms with Crippen molar-refractivity contribution in [2.45, 2.75) is 19.9 Å². The lowest BCUT2D eigenvalue weighted by Crippen LogP contribution is -2.05. The number of benzene rings is 1. The maximum atomic E-state index is 6.14. The van der Waals surface area contributed by atoms with Crippen LogP contribution in [0.1, 0.15) is 19.9 Å². The zero-order valence-corrected chi connectivity index (χ0v) is 13.2. The van der Waals surface area contributed by atoms with Crippen LogP contribution in [0.4, 0.5) is 5.69 Å². The number of rotatable bonds is 2. The third kappa shape index (κ3) is 2.34. The number of hydrogen-bond donors (Lipinski definition) is 1. The van der Waals surface area contributed by atoms with E-state index in [1.54, 1.807) is 18.3 Å². The number of nitrogen functional groups attached to an aromatic ring is 1. The Morgan fingerprint density at radius 3 is 2.71 bits per heavy atom. The van der Waals surface area contributed by atoms with Crippen molar-refractivity contribution in [2.24, 2.45) is 0 Å². The van der Waals surface area contributed by atoms with Crippen LogP contribution in [-0.4, -0.2) is 14.5 Å². The normalized spacial score (nSPS) is 11.5. The molecule has 6 heteroatoms. The molecule has 1 aromatic carbocycles. The Morgan fingerprint density at radius 1 is 1.24 bits per heavy atom. The average molecular weight is 321 g/mol. The number of fused-ring (bicyclic) bond motifs is 1. The van der Waals surface area contributed by atoms with Gasteiger partial charge in [0.2, 0.25) is 0 Å². The van der Waals surface area contributed by atoms with E-state index in [2.05, 4.69) is 23.8 Å². The smallest absolute Gasteiger partial charge is 0.160 e. The van der Waals surface area contributed by atoms with Gasteiger partial charge in [0.25, 0.3) is 0 Å². The van der Waals surface area contributed by atoms with Gasteiger partial charge >= 0.3 is 0 Å². The first kappa shape index (κ1) is 14.2. The first-order valence-electron chi connectivity index (χ1n) is 6.57. The van der Waals surface area contributed by atoms with Crippen LogP contribution in [0.5, 0.6) is 0 Å². The lowest BCUT2D eigenvalue weighted by Gasteiger charge is -2.14. The Labute approximate surface area is 132 Å².